The molecular weight excluding hydrogens is 288 g/mol. The molecule has 0 fully saturated rings. The third-order valence-corrected chi connectivity index (χ3v) is 10.2. The number of hydrogen-bond acceptors (Lipinski definition) is 1. The molecule has 0 aliphatic heterocycles. The van der Waals surface area contributed by atoms with Crippen LogP contribution in [-0.2, 0) is 4.37 Å². The van der Waals surface area contributed by atoms with Crippen LogP contribution in [0.4, 0.5) is 0 Å². The molecule has 2 aromatic carbocycles. The highest BCUT2D eigenvalue weighted by molar-refractivity contribution is 8.02. The van der Waals surface area contributed by atoms with E-state index in [0.29, 0.717) is 0 Å². The minimum atomic E-state index is -1.49. The molecule has 110 valence electrons. The van der Waals surface area contributed by atoms with E-state index in [9.17, 15) is 0 Å². The summed E-state index contributed by atoms with van der Waals surface area (Å²) in [5.41, 5.74) is 1.43. The lowest BCUT2D eigenvalue weighted by atomic mass is 10.1. The Labute approximate surface area is 134 Å². The van der Waals surface area contributed by atoms with Crippen LogP contribution in [0.25, 0.3) is 0 Å². The van der Waals surface area contributed by atoms with Crippen molar-refractivity contribution in [3.8, 4) is 0 Å². The van der Waals surface area contributed by atoms with Gasteiger partial charge in [0.25, 0.3) is 0 Å². The van der Waals surface area contributed by atoms with Crippen molar-refractivity contribution in [2.75, 3.05) is 0 Å². The molecule has 1 atom stereocenters. The smallest absolute Gasteiger partial charge is 0.0690 e. The largest absolute Gasteiger partial charge is 0.118 e. The average molecular weight is 313 g/mol. The Hall–Kier alpha value is -1.25. The molecule has 0 radical (unpaired) electrons. The molecule has 2 aromatic rings. The summed E-state index contributed by atoms with van der Waals surface area (Å²) in [6.07, 6.45) is 3.09. The zero-order valence-corrected chi connectivity index (χ0v) is 15.0. The van der Waals surface area contributed by atoms with Gasteiger partial charge in [-0.05, 0) is 24.1 Å². The first-order chi connectivity index (χ1) is 9.99. The molecule has 0 spiro atoms. The molecule has 2 rings (SSSR count). The number of benzene rings is 2. The first kappa shape index (κ1) is 16.1. The molecule has 0 bridgehead atoms. The summed E-state index contributed by atoms with van der Waals surface area (Å²) in [5, 5.41) is 0. The van der Waals surface area contributed by atoms with Gasteiger partial charge >= 0.3 is 0 Å². The fourth-order valence-electron chi connectivity index (χ4n) is 2.71. The van der Waals surface area contributed by atoms with Crippen LogP contribution in [0, 0.1) is 0 Å². The second kappa shape index (κ2) is 6.67. The maximum Gasteiger partial charge on any atom is 0.0690 e. The highest BCUT2D eigenvalue weighted by atomic mass is 32.2. The van der Waals surface area contributed by atoms with E-state index in [0.717, 1.165) is 6.42 Å². The standard InChI is InChI=1S/C19H24SSi/c1-5-16-19(21(2,3)4,17-12-8-6-9-13-17)20-18-14-10-7-11-15-18/h5-15H,1,16H2,2-4H3. The van der Waals surface area contributed by atoms with Gasteiger partial charge in [0.15, 0.2) is 0 Å². The van der Waals surface area contributed by atoms with Gasteiger partial charge in [-0.1, -0.05) is 74.2 Å². The quantitative estimate of drug-likeness (QED) is 0.351. The Morgan fingerprint density at radius 3 is 1.95 bits per heavy atom. The van der Waals surface area contributed by atoms with Gasteiger partial charge in [0.05, 0.1) is 8.07 Å². The Morgan fingerprint density at radius 1 is 0.952 bits per heavy atom. The van der Waals surface area contributed by atoms with Crippen molar-refractivity contribution >= 4 is 19.8 Å². The lowest BCUT2D eigenvalue weighted by Crippen LogP contribution is -2.46. The van der Waals surface area contributed by atoms with Crippen LogP contribution >= 0.6 is 11.8 Å². The monoisotopic (exact) mass is 312 g/mol. The van der Waals surface area contributed by atoms with E-state index in [1.165, 1.54) is 10.5 Å². The highest BCUT2D eigenvalue weighted by Gasteiger charge is 2.44. The summed E-state index contributed by atoms with van der Waals surface area (Å²) in [7, 11) is -1.49. The fourth-order valence-corrected chi connectivity index (χ4v) is 7.23. The molecule has 0 aromatic heterocycles. The Morgan fingerprint density at radius 2 is 1.48 bits per heavy atom. The predicted octanol–water partition coefficient (Wildman–Crippen LogP) is 6.13. The van der Waals surface area contributed by atoms with Crippen LogP contribution in [0.2, 0.25) is 19.6 Å². The molecule has 0 saturated carbocycles. The predicted molar refractivity (Wildman–Crippen MR) is 98.6 cm³/mol. The summed E-state index contributed by atoms with van der Waals surface area (Å²) in [6, 6.07) is 21.7. The van der Waals surface area contributed by atoms with Gasteiger partial charge < -0.3 is 0 Å². The molecule has 21 heavy (non-hydrogen) atoms. The van der Waals surface area contributed by atoms with Gasteiger partial charge in [-0.2, -0.15) is 0 Å². The summed E-state index contributed by atoms with van der Waals surface area (Å²) in [6.45, 7) is 11.4. The van der Waals surface area contributed by atoms with Gasteiger partial charge in [-0.25, -0.2) is 0 Å². The lowest BCUT2D eigenvalue weighted by molar-refractivity contribution is 0.834. The molecule has 0 amide bonds. The zero-order chi connectivity index (χ0) is 15.3. The number of thioether (sulfide) groups is 1. The SMILES string of the molecule is C=CCC(Sc1ccccc1)(c1ccccc1)[Si](C)(C)C. The van der Waals surface area contributed by atoms with Crippen LogP contribution < -0.4 is 0 Å². The normalized spacial score (nSPS) is 14.4. The first-order valence-electron chi connectivity index (χ1n) is 7.40. The van der Waals surface area contributed by atoms with Gasteiger partial charge in [0.1, 0.15) is 0 Å². The summed E-state index contributed by atoms with van der Waals surface area (Å²) >= 11 is 2.01. The van der Waals surface area contributed by atoms with E-state index in [2.05, 4.69) is 93.0 Å². The van der Waals surface area contributed by atoms with Crippen LogP contribution in [0.3, 0.4) is 0 Å². The summed E-state index contributed by atoms with van der Waals surface area (Å²) in [4.78, 5) is 1.34. The molecule has 0 heterocycles. The summed E-state index contributed by atoms with van der Waals surface area (Å²) in [5.74, 6) is 0. The minimum Gasteiger partial charge on any atom is -0.118 e. The van der Waals surface area contributed by atoms with Crippen molar-refractivity contribution in [2.45, 2.75) is 35.3 Å². The molecule has 0 aliphatic rings. The Bertz CT molecular complexity index is 572. The van der Waals surface area contributed by atoms with Crippen LogP contribution in [0.5, 0.6) is 0 Å². The second-order valence-electron chi connectivity index (χ2n) is 6.35. The van der Waals surface area contributed by atoms with Crippen LogP contribution in [-0.4, -0.2) is 8.07 Å². The van der Waals surface area contributed by atoms with E-state index < -0.39 is 8.07 Å². The van der Waals surface area contributed by atoms with Crippen molar-refractivity contribution in [3.63, 3.8) is 0 Å². The van der Waals surface area contributed by atoms with Crippen LogP contribution in [0.1, 0.15) is 12.0 Å². The Balaban J connectivity index is 2.54. The molecule has 0 saturated heterocycles. The van der Waals surface area contributed by atoms with Crippen molar-refractivity contribution in [2.24, 2.45) is 0 Å². The number of rotatable bonds is 6. The molecule has 0 N–H and O–H groups in total. The average Bonchev–Trinajstić information content (AvgIpc) is 2.47. The van der Waals surface area contributed by atoms with Gasteiger partial charge in [-0.3, -0.25) is 0 Å². The third kappa shape index (κ3) is 3.50. The third-order valence-electron chi connectivity index (χ3n) is 3.92. The van der Waals surface area contributed by atoms with Gasteiger partial charge in [-0.15, -0.1) is 18.3 Å². The second-order valence-corrected chi connectivity index (χ2v) is 13.4. The molecule has 2 heteroatoms. The lowest BCUT2D eigenvalue weighted by Gasteiger charge is -2.43. The molecular formula is C19H24SSi. The van der Waals surface area contributed by atoms with E-state index in [-0.39, 0.29) is 4.37 Å². The maximum atomic E-state index is 4.04. The van der Waals surface area contributed by atoms with E-state index in [1.54, 1.807) is 0 Å². The molecule has 0 nitrogen and oxygen atoms in total. The first-order valence-corrected chi connectivity index (χ1v) is 11.7. The van der Waals surface area contributed by atoms with Gasteiger partial charge in [0, 0.05) is 9.27 Å². The molecule has 1 unspecified atom stereocenters. The zero-order valence-electron chi connectivity index (χ0n) is 13.2. The topological polar surface area (TPSA) is 0 Å². The van der Waals surface area contributed by atoms with Crippen LogP contribution in [0.15, 0.2) is 78.2 Å². The van der Waals surface area contributed by atoms with Crippen molar-refractivity contribution < 1.29 is 0 Å². The van der Waals surface area contributed by atoms with E-state index in [1.807, 2.05) is 11.8 Å². The molecule has 0 aliphatic carbocycles. The van der Waals surface area contributed by atoms with E-state index >= 15 is 0 Å². The Kier molecular flexibility index (Phi) is 5.12. The van der Waals surface area contributed by atoms with E-state index in [4.69, 9.17) is 0 Å². The number of allylic oxidation sites excluding steroid dienone is 1. The fraction of sp³-hybridized carbons (Fsp3) is 0.263. The van der Waals surface area contributed by atoms with Crippen molar-refractivity contribution in [1.29, 1.82) is 0 Å². The maximum absolute atomic E-state index is 4.04. The van der Waals surface area contributed by atoms with Crippen molar-refractivity contribution in [1.82, 2.24) is 0 Å². The highest BCUT2D eigenvalue weighted by Crippen LogP contribution is 2.50. The van der Waals surface area contributed by atoms with Crippen molar-refractivity contribution in [3.05, 3.63) is 78.9 Å². The minimum absolute atomic E-state index is 0.122. The van der Waals surface area contributed by atoms with Gasteiger partial charge in [0.2, 0.25) is 0 Å². The summed E-state index contributed by atoms with van der Waals surface area (Å²) < 4.78 is 0.122. The number of hydrogen-bond donors (Lipinski definition) is 0.